The van der Waals surface area contributed by atoms with E-state index in [2.05, 4.69) is 0 Å². The molecule has 72 valence electrons. The Morgan fingerprint density at radius 3 is 2.85 bits per heavy atom. The number of hydrogen-bond donors (Lipinski definition) is 2. The first-order valence-corrected chi connectivity index (χ1v) is 4.68. The summed E-state index contributed by atoms with van der Waals surface area (Å²) in [6.07, 6.45) is 3.18. The number of aliphatic hydroxyl groups excluding tert-OH is 2. The lowest BCUT2D eigenvalue weighted by Gasteiger charge is -2.18. The molecule has 1 saturated carbocycles. The first-order valence-electron chi connectivity index (χ1n) is 4.68. The Hall–Kier alpha value is -0.800. The topological polar surface area (TPSA) is 53.6 Å². The largest absolute Gasteiger partial charge is 0.467 e. The fourth-order valence-electron chi connectivity index (χ4n) is 2.01. The van der Waals surface area contributed by atoms with Gasteiger partial charge in [-0.1, -0.05) is 6.42 Å². The average Bonchev–Trinajstić information content (AvgIpc) is 2.72. The predicted molar refractivity (Wildman–Crippen MR) is 47.0 cm³/mol. The lowest BCUT2D eigenvalue weighted by Crippen LogP contribution is -2.20. The van der Waals surface area contributed by atoms with Crippen molar-refractivity contribution in [1.29, 1.82) is 0 Å². The van der Waals surface area contributed by atoms with Crippen LogP contribution in [0.5, 0.6) is 0 Å². The van der Waals surface area contributed by atoms with Gasteiger partial charge in [-0.15, -0.1) is 0 Å². The standard InChI is InChI=1S/C10H14O3/c11-8-4-1-3-7(8)10(12)9-5-2-6-13-9/h2,5-8,10-12H,1,3-4H2. The van der Waals surface area contributed by atoms with Gasteiger partial charge in [0.2, 0.25) is 0 Å². The minimum absolute atomic E-state index is 0.0499. The highest BCUT2D eigenvalue weighted by Gasteiger charge is 2.33. The summed E-state index contributed by atoms with van der Waals surface area (Å²) in [5.74, 6) is 0.511. The third-order valence-electron chi connectivity index (χ3n) is 2.77. The van der Waals surface area contributed by atoms with Crippen LogP contribution in [0.25, 0.3) is 0 Å². The third-order valence-corrected chi connectivity index (χ3v) is 2.77. The van der Waals surface area contributed by atoms with Crippen molar-refractivity contribution in [2.24, 2.45) is 5.92 Å². The highest BCUT2D eigenvalue weighted by molar-refractivity contribution is 5.04. The zero-order chi connectivity index (χ0) is 9.26. The molecule has 3 heteroatoms. The molecule has 2 rings (SSSR count). The molecule has 1 aromatic heterocycles. The quantitative estimate of drug-likeness (QED) is 0.728. The summed E-state index contributed by atoms with van der Waals surface area (Å²) in [6, 6.07) is 3.50. The molecule has 1 heterocycles. The van der Waals surface area contributed by atoms with Crippen molar-refractivity contribution in [2.45, 2.75) is 31.5 Å². The second-order valence-corrected chi connectivity index (χ2v) is 3.62. The summed E-state index contributed by atoms with van der Waals surface area (Å²) >= 11 is 0. The van der Waals surface area contributed by atoms with Gasteiger partial charge in [-0.25, -0.2) is 0 Å². The van der Waals surface area contributed by atoms with E-state index < -0.39 is 6.10 Å². The molecule has 0 aliphatic heterocycles. The Labute approximate surface area is 77.0 Å². The van der Waals surface area contributed by atoms with E-state index in [0.717, 1.165) is 19.3 Å². The van der Waals surface area contributed by atoms with Gasteiger partial charge >= 0.3 is 0 Å². The molecule has 1 aliphatic rings. The van der Waals surface area contributed by atoms with Gasteiger partial charge in [0, 0.05) is 5.92 Å². The van der Waals surface area contributed by atoms with Crippen molar-refractivity contribution >= 4 is 0 Å². The Morgan fingerprint density at radius 2 is 2.31 bits per heavy atom. The van der Waals surface area contributed by atoms with E-state index in [4.69, 9.17) is 4.42 Å². The van der Waals surface area contributed by atoms with Crippen molar-refractivity contribution < 1.29 is 14.6 Å². The van der Waals surface area contributed by atoms with Crippen LogP contribution >= 0.6 is 0 Å². The van der Waals surface area contributed by atoms with Crippen molar-refractivity contribution in [2.75, 3.05) is 0 Å². The summed E-state index contributed by atoms with van der Waals surface area (Å²) in [5, 5.41) is 19.4. The molecule has 1 aliphatic carbocycles. The number of furan rings is 1. The molecule has 2 N–H and O–H groups in total. The van der Waals surface area contributed by atoms with Crippen LogP contribution in [0.1, 0.15) is 31.1 Å². The number of rotatable bonds is 2. The Morgan fingerprint density at radius 1 is 1.46 bits per heavy atom. The van der Waals surface area contributed by atoms with E-state index in [1.807, 2.05) is 0 Å². The molecule has 0 saturated heterocycles. The van der Waals surface area contributed by atoms with E-state index in [1.54, 1.807) is 18.4 Å². The summed E-state index contributed by atoms with van der Waals surface area (Å²) in [6.45, 7) is 0. The van der Waals surface area contributed by atoms with E-state index in [9.17, 15) is 10.2 Å². The summed E-state index contributed by atoms with van der Waals surface area (Å²) in [7, 11) is 0. The maximum atomic E-state index is 9.83. The molecule has 3 nitrogen and oxygen atoms in total. The van der Waals surface area contributed by atoms with Crippen molar-refractivity contribution in [3.05, 3.63) is 24.2 Å². The van der Waals surface area contributed by atoms with Crippen LogP contribution in [0.15, 0.2) is 22.8 Å². The molecular formula is C10H14O3. The molecule has 0 spiro atoms. The van der Waals surface area contributed by atoms with E-state index in [0.29, 0.717) is 5.76 Å². The lowest BCUT2D eigenvalue weighted by molar-refractivity contribution is 0.0186. The van der Waals surface area contributed by atoms with Gasteiger partial charge < -0.3 is 14.6 Å². The number of hydrogen-bond acceptors (Lipinski definition) is 3. The molecule has 13 heavy (non-hydrogen) atoms. The molecule has 0 bridgehead atoms. The molecule has 1 fully saturated rings. The fraction of sp³-hybridized carbons (Fsp3) is 0.600. The van der Waals surface area contributed by atoms with Gasteiger partial charge in [0.15, 0.2) is 0 Å². The summed E-state index contributed by atoms with van der Waals surface area (Å²) in [5.41, 5.74) is 0. The van der Waals surface area contributed by atoms with Crippen LogP contribution in [0.3, 0.4) is 0 Å². The first-order chi connectivity index (χ1) is 6.29. The first kappa shape index (κ1) is 8.78. The van der Waals surface area contributed by atoms with E-state index in [-0.39, 0.29) is 12.0 Å². The Bertz CT molecular complexity index is 255. The van der Waals surface area contributed by atoms with Gasteiger partial charge in [-0.2, -0.15) is 0 Å². The second-order valence-electron chi connectivity index (χ2n) is 3.62. The molecule has 3 unspecified atom stereocenters. The molecule has 1 aromatic rings. The van der Waals surface area contributed by atoms with Crippen molar-refractivity contribution in [3.63, 3.8) is 0 Å². The monoisotopic (exact) mass is 182 g/mol. The zero-order valence-electron chi connectivity index (χ0n) is 7.39. The SMILES string of the molecule is OC1CCCC1C(O)c1ccco1. The highest BCUT2D eigenvalue weighted by atomic mass is 16.4. The Kier molecular flexibility index (Phi) is 2.38. The summed E-state index contributed by atoms with van der Waals surface area (Å²) in [4.78, 5) is 0. The Balaban J connectivity index is 2.08. The van der Waals surface area contributed by atoms with Gasteiger partial charge in [0.1, 0.15) is 11.9 Å². The van der Waals surface area contributed by atoms with E-state index in [1.165, 1.54) is 0 Å². The van der Waals surface area contributed by atoms with Crippen molar-refractivity contribution in [1.82, 2.24) is 0 Å². The van der Waals surface area contributed by atoms with Crippen LogP contribution in [-0.4, -0.2) is 16.3 Å². The van der Waals surface area contributed by atoms with Gasteiger partial charge in [-0.05, 0) is 25.0 Å². The summed E-state index contributed by atoms with van der Waals surface area (Å²) < 4.78 is 5.09. The fourth-order valence-corrected chi connectivity index (χ4v) is 2.01. The highest BCUT2D eigenvalue weighted by Crippen LogP contribution is 2.35. The molecular weight excluding hydrogens is 168 g/mol. The second kappa shape index (κ2) is 3.52. The number of aliphatic hydroxyl groups is 2. The molecule has 0 aromatic carbocycles. The van der Waals surface area contributed by atoms with Gasteiger partial charge in [-0.3, -0.25) is 0 Å². The van der Waals surface area contributed by atoms with E-state index >= 15 is 0 Å². The maximum absolute atomic E-state index is 9.83. The zero-order valence-corrected chi connectivity index (χ0v) is 7.39. The smallest absolute Gasteiger partial charge is 0.132 e. The van der Waals surface area contributed by atoms with Crippen molar-refractivity contribution in [3.8, 4) is 0 Å². The van der Waals surface area contributed by atoms with Crippen LogP contribution in [0.2, 0.25) is 0 Å². The van der Waals surface area contributed by atoms with Crippen LogP contribution < -0.4 is 0 Å². The molecule has 0 amide bonds. The predicted octanol–water partition coefficient (Wildman–Crippen LogP) is 1.47. The average molecular weight is 182 g/mol. The van der Waals surface area contributed by atoms with Crippen LogP contribution in [-0.2, 0) is 0 Å². The minimum Gasteiger partial charge on any atom is -0.467 e. The molecule has 3 atom stereocenters. The van der Waals surface area contributed by atoms with Crippen LogP contribution in [0.4, 0.5) is 0 Å². The third kappa shape index (κ3) is 1.62. The maximum Gasteiger partial charge on any atom is 0.132 e. The van der Waals surface area contributed by atoms with Gasteiger partial charge in [0.05, 0.1) is 12.4 Å². The van der Waals surface area contributed by atoms with Crippen LogP contribution in [0, 0.1) is 5.92 Å². The van der Waals surface area contributed by atoms with Gasteiger partial charge in [0.25, 0.3) is 0 Å². The normalized spacial score (nSPS) is 30.6. The molecule has 0 radical (unpaired) electrons. The minimum atomic E-state index is -0.646. The lowest BCUT2D eigenvalue weighted by atomic mass is 9.97.